The maximum Gasteiger partial charge on any atom is 0.0801 e. The minimum absolute atomic E-state index is 0.0791. The van der Waals surface area contributed by atoms with Crippen LogP contribution in [0, 0.1) is 13.8 Å². The lowest BCUT2D eigenvalue weighted by atomic mass is 9.98. The summed E-state index contributed by atoms with van der Waals surface area (Å²) >= 11 is 1.43. The number of nitrogens with zero attached hydrogens (tertiary/aromatic N) is 2. The van der Waals surface area contributed by atoms with E-state index >= 15 is 0 Å². The molecule has 0 amide bonds. The molecule has 0 fully saturated rings. The molecule has 1 atom stereocenters. The molecule has 19 heavy (non-hydrogen) atoms. The van der Waals surface area contributed by atoms with Gasteiger partial charge in [-0.2, -0.15) is 0 Å². The van der Waals surface area contributed by atoms with Crippen molar-refractivity contribution in [2.75, 3.05) is 0 Å². The van der Waals surface area contributed by atoms with Crippen LogP contribution in [0.5, 0.6) is 0 Å². The summed E-state index contributed by atoms with van der Waals surface area (Å²) in [6, 6.07) is 6.59. The van der Waals surface area contributed by atoms with E-state index in [9.17, 15) is 0 Å². The first-order valence-electron chi connectivity index (χ1n) is 6.49. The van der Waals surface area contributed by atoms with Crippen molar-refractivity contribution in [3.05, 3.63) is 45.5 Å². The van der Waals surface area contributed by atoms with E-state index in [1.165, 1.54) is 28.2 Å². The van der Waals surface area contributed by atoms with Crippen LogP contribution < -0.4 is 11.3 Å². The van der Waals surface area contributed by atoms with Gasteiger partial charge in [0.2, 0.25) is 0 Å². The topological polar surface area (TPSA) is 63.8 Å². The van der Waals surface area contributed by atoms with Crippen molar-refractivity contribution >= 4 is 11.5 Å². The molecule has 0 radical (unpaired) electrons. The van der Waals surface area contributed by atoms with Crippen molar-refractivity contribution in [3.8, 4) is 0 Å². The van der Waals surface area contributed by atoms with Gasteiger partial charge in [0.25, 0.3) is 0 Å². The average molecular weight is 276 g/mol. The number of hydrazine groups is 1. The van der Waals surface area contributed by atoms with Crippen molar-refractivity contribution in [3.63, 3.8) is 0 Å². The Balaban J connectivity index is 2.26. The van der Waals surface area contributed by atoms with Crippen LogP contribution in [-0.4, -0.2) is 9.59 Å². The lowest BCUT2D eigenvalue weighted by Gasteiger charge is -2.16. The number of benzene rings is 1. The Labute approximate surface area is 118 Å². The molecular formula is C14H20N4S. The predicted octanol–water partition coefficient (Wildman–Crippen LogP) is 2.46. The lowest BCUT2D eigenvalue weighted by molar-refractivity contribution is 0.554. The molecule has 1 aromatic carbocycles. The van der Waals surface area contributed by atoms with Gasteiger partial charge in [0, 0.05) is 0 Å². The Kier molecular flexibility index (Phi) is 4.63. The minimum Gasteiger partial charge on any atom is -0.271 e. The Bertz CT molecular complexity index is 550. The Hall–Kier alpha value is -1.30. The molecule has 0 aliphatic heterocycles. The zero-order chi connectivity index (χ0) is 13.8. The van der Waals surface area contributed by atoms with Gasteiger partial charge >= 0.3 is 0 Å². The van der Waals surface area contributed by atoms with Gasteiger partial charge in [0.1, 0.15) is 0 Å². The molecule has 0 aliphatic carbocycles. The van der Waals surface area contributed by atoms with Crippen LogP contribution >= 0.6 is 11.5 Å². The molecule has 0 spiro atoms. The zero-order valence-corrected chi connectivity index (χ0v) is 12.4. The highest BCUT2D eigenvalue weighted by Crippen LogP contribution is 2.25. The quantitative estimate of drug-likeness (QED) is 0.650. The molecule has 5 heteroatoms. The van der Waals surface area contributed by atoms with Gasteiger partial charge in [-0.25, -0.2) is 0 Å². The molecule has 3 N–H and O–H groups in total. The van der Waals surface area contributed by atoms with Gasteiger partial charge < -0.3 is 0 Å². The van der Waals surface area contributed by atoms with Gasteiger partial charge in [-0.3, -0.25) is 11.3 Å². The molecule has 2 aromatic rings. The lowest BCUT2D eigenvalue weighted by Crippen LogP contribution is -2.29. The van der Waals surface area contributed by atoms with Crippen molar-refractivity contribution in [2.45, 2.75) is 39.7 Å². The Morgan fingerprint density at radius 3 is 2.84 bits per heavy atom. The SMILES string of the molecule is CCc1nnsc1C(Cc1cc(C)ccc1C)NN. The van der Waals surface area contributed by atoms with Gasteiger partial charge in [-0.05, 0) is 49.3 Å². The van der Waals surface area contributed by atoms with Crippen molar-refractivity contribution in [1.29, 1.82) is 0 Å². The van der Waals surface area contributed by atoms with E-state index in [1.807, 2.05) is 0 Å². The van der Waals surface area contributed by atoms with Gasteiger partial charge in [-0.1, -0.05) is 35.2 Å². The van der Waals surface area contributed by atoms with E-state index in [2.05, 4.69) is 54.0 Å². The average Bonchev–Trinajstić information content (AvgIpc) is 2.88. The number of hydrogen-bond donors (Lipinski definition) is 2. The first-order chi connectivity index (χ1) is 9.15. The fourth-order valence-corrected chi connectivity index (χ4v) is 2.99. The van der Waals surface area contributed by atoms with Gasteiger partial charge in [0.05, 0.1) is 16.6 Å². The Morgan fingerprint density at radius 1 is 1.37 bits per heavy atom. The van der Waals surface area contributed by atoms with E-state index in [4.69, 9.17) is 5.84 Å². The minimum atomic E-state index is 0.0791. The molecule has 0 saturated heterocycles. The van der Waals surface area contributed by atoms with E-state index in [-0.39, 0.29) is 6.04 Å². The third kappa shape index (κ3) is 3.18. The van der Waals surface area contributed by atoms with Crippen LogP contribution in [0.15, 0.2) is 18.2 Å². The van der Waals surface area contributed by atoms with Crippen LogP contribution in [0.3, 0.4) is 0 Å². The molecule has 2 rings (SSSR count). The summed E-state index contributed by atoms with van der Waals surface area (Å²) in [6.07, 6.45) is 1.75. The number of rotatable bonds is 5. The van der Waals surface area contributed by atoms with E-state index < -0.39 is 0 Å². The number of aromatic nitrogens is 2. The highest BCUT2D eigenvalue weighted by molar-refractivity contribution is 7.05. The van der Waals surface area contributed by atoms with Gasteiger partial charge in [0.15, 0.2) is 0 Å². The molecule has 1 aromatic heterocycles. The monoisotopic (exact) mass is 276 g/mol. The van der Waals surface area contributed by atoms with E-state index in [0.29, 0.717) is 0 Å². The highest BCUT2D eigenvalue weighted by atomic mass is 32.1. The zero-order valence-electron chi connectivity index (χ0n) is 11.6. The predicted molar refractivity (Wildman–Crippen MR) is 79.0 cm³/mol. The standard InChI is InChI=1S/C14H20N4S/c1-4-12-14(19-18-17-12)13(16-15)8-11-7-9(2)5-6-10(11)3/h5-7,13,16H,4,8,15H2,1-3H3. The van der Waals surface area contributed by atoms with Crippen LogP contribution in [0.1, 0.15) is 40.2 Å². The second-order valence-corrected chi connectivity index (χ2v) is 5.58. The largest absolute Gasteiger partial charge is 0.271 e. The summed E-state index contributed by atoms with van der Waals surface area (Å²) in [6.45, 7) is 6.33. The van der Waals surface area contributed by atoms with Crippen molar-refractivity contribution in [2.24, 2.45) is 5.84 Å². The molecule has 0 aliphatic rings. The summed E-state index contributed by atoms with van der Waals surface area (Å²) in [5.74, 6) is 5.72. The van der Waals surface area contributed by atoms with Crippen LogP contribution in [0.25, 0.3) is 0 Å². The summed E-state index contributed by atoms with van der Waals surface area (Å²) in [5.41, 5.74) is 7.83. The summed E-state index contributed by atoms with van der Waals surface area (Å²) in [5, 5.41) is 4.16. The van der Waals surface area contributed by atoms with Crippen molar-refractivity contribution in [1.82, 2.24) is 15.0 Å². The highest BCUT2D eigenvalue weighted by Gasteiger charge is 2.18. The summed E-state index contributed by atoms with van der Waals surface area (Å²) in [4.78, 5) is 1.14. The van der Waals surface area contributed by atoms with Crippen LogP contribution in [0.4, 0.5) is 0 Å². The summed E-state index contributed by atoms with van der Waals surface area (Å²) < 4.78 is 4.04. The third-order valence-electron chi connectivity index (χ3n) is 3.37. The fraction of sp³-hybridized carbons (Fsp3) is 0.429. The molecule has 4 nitrogen and oxygen atoms in total. The second kappa shape index (κ2) is 6.23. The van der Waals surface area contributed by atoms with Crippen LogP contribution in [0.2, 0.25) is 0 Å². The van der Waals surface area contributed by atoms with E-state index in [0.717, 1.165) is 23.4 Å². The number of hydrogen-bond acceptors (Lipinski definition) is 5. The second-order valence-electron chi connectivity index (χ2n) is 4.79. The first-order valence-corrected chi connectivity index (χ1v) is 7.26. The summed E-state index contributed by atoms with van der Waals surface area (Å²) in [7, 11) is 0. The fourth-order valence-electron chi connectivity index (χ4n) is 2.19. The molecule has 1 unspecified atom stereocenters. The third-order valence-corrected chi connectivity index (χ3v) is 4.25. The molecular weight excluding hydrogens is 256 g/mol. The molecule has 0 saturated carbocycles. The number of nitrogens with two attached hydrogens (primary N) is 1. The number of aryl methyl sites for hydroxylation is 3. The van der Waals surface area contributed by atoms with E-state index in [1.54, 1.807) is 0 Å². The normalized spacial score (nSPS) is 12.6. The maximum absolute atomic E-state index is 5.72. The van der Waals surface area contributed by atoms with Crippen molar-refractivity contribution < 1.29 is 0 Å². The van der Waals surface area contributed by atoms with Crippen LogP contribution in [-0.2, 0) is 12.8 Å². The smallest absolute Gasteiger partial charge is 0.0801 e. The number of nitrogens with one attached hydrogen (secondary N) is 1. The molecule has 1 heterocycles. The first kappa shape index (κ1) is 14.1. The Morgan fingerprint density at radius 2 is 2.16 bits per heavy atom. The maximum atomic E-state index is 5.72. The molecule has 102 valence electrons. The van der Waals surface area contributed by atoms with Gasteiger partial charge in [-0.15, -0.1) is 5.10 Å². The molecule has 0 bridgehead atoms.